The number of pyridine rings is 3. The van der Waals surface area contributed by atoms with Crippen LogP contribution in [0.1, 0.15) is 16.8 Å². The van der Waals surface area contributed by atoms with Gasteiger partial charge in [0.2, 0.25) is 5.88 Å². The number of hydrogen-bond donors (Lipinski definition) is 2. The summed E-state index contributed by atoms with van der Waals surface area (Å²) in [4.78, 5) is 27.2. The smallest absolute Gasteiger partial charge is 0.263 e. The first kappa shape index (κ1) is 23.9. The fraction of sp³-hybridized carbons (Fsp3) is 0.400. The first-order chi connectivity index (χ1) is 17.6. The maximum absolute atomic E-state index is 11.5. The van der Waals surface area contributed by atoms with Crippen molar-refractivity contribution in [1.29, 1.82) is 5.26 Å². The average molecular weight is 490 g/mol. The van der Waals surface area contributed by atoms with Crippen molar-refractivity contribution in [2.45, 2.75) is 19.1 Å². The number of nitriles is 1. The van der Waals surface area contributed by atoms with E-state index in [1.165, 1.54) is 0 Å². The molecule has 1 saturated heterocycles. The number of morpholine rings is 1. The molecule has 2 N–H and O–H groups in total. The molecule has 11 heteroatoms. The Morgan fingerprint density at radius 1 is 1.31 bits per heavy atom. The molecule has 2 aliphatic heterocycles. The van der Waals surface area contributed by atoms with Crippen molar-refractivity contribution in [1.82, 2.24) is 25.2 Å². The van der Waals surface area contributed by atoms with Gasteiger partial charge < -0.3 is 24.8 Å². The number of nitrogens with zero attached hydrogens (tertiary/aromatic N) is 5. The van der Waals surface area contributed by atoms with Gasteiger partial charge in [-0.2, -0.15) is 5.26 Å². The number of nitrogens with one attached hydrogen (secondary N) is 2. The highest BCUT2D eigenvalue weighted by Gasteiger charge is 2.22. The molecule has 186 valence electrons. The largest absolute Gasteiger partial charge is 0.481 e. The quantitative estimate of drug-likeness (QED) is 0.476. The van der Waals surface area contributed by atoms with Gasteiger partial charge in [0.15, 0.2) is 18.2 Å². The van der Waals surface area contributed by atoms with Gasteiger partial charge in [0.05, 0.1) is 42.1 Å². The van der Waals surface area contributed by atoms with Gasteiger partial charge in [-0.05, 0) is 24.6 Å². The Kier molecular flexibility index (Phi) is 7.18. The summed E-state index contributed by atoms with van der Waals surface area (Å²) in [5.41, 5.74) is 3.68. The Bertz CT molecular complexity index is 1310. The van der Waals surface area contributed by atoms with E-state index in [9.17, 15) is 10.1 Å². The SMILES string of the molecule is COc1ccc2ncc(C#N)c(CCN3CCO[C@@H](CNCc4ccc5c(n4)NC(=O)CO5)C3)c2n1. The third kappa shape index (κ3) is 5.36. The van der Waals surface area contributed by atoms with Crippen LogP contribution < -0.4 is 20.1 Å². The maximum Gasteiger partial charge on any atom is 0.263 e. The molecule has 0 radical (unpaired) electrons. The molecule has 0 aliphatic carbocycles. The number of anilines is 1. The van der Waals surface area contributed by atoms with Gasteiger partial charge in [0.25, 0.3) is 5.91 Å². The molecule has 5 rings (SSSR count). The Balaban J connectivity index is 1.17. The average Bonchev–Trinajstić information content (AvgIpc) is 2.91. The summed E-state index contributed by atoms with van der Waals surface area (Å²) < 4.78 is 16.6. The summed E-state index contributed by atoms with van der Waals surface area (Å²) in [7, 11) is 1.57. The van der Waals surface area contributed by atoms with Crippen molar-refractivity contribution < 1.29 is 19.0 Å². The van der Waals surface area contributed by atoms with Crippen LogP contribution in [-0.2, 0) is 22.5 Å². The number of ether oxygens (including phenoxy) is 3. The monoisotopic (exact) mass is 489 g/mol. The zero-order chi connectivity index (χ0) is 24.9. The second-order valence-electron chi connectivity index (χ2n) is 8.64. The number of amides is 1. The number of fused-ring (bicyclic) bond motifs is 2. The third-order valence-electron chi connectivity index (χ3n) is 6.23. The van der Waals surface area contributed by atoms with Crippen molar-refractivity contribution in [3.05, 3.63) is 47.3 Å². The van der Waals surface area contributed by atoms with Crippen LogP contribution in [0.4, 0.5) is 5.82 Å². The first-order valence-corrected chi connectivity index (χ1v) is 11.8. The molecule has 0 spiro atoms. The van der Waals surface area contributed by atoms with E-state index in [4.69, 9.17) is 14.2 Å². The predicted molar refractivity (Wildman–Crippen MR) is 131 cm³/mol. The lowest BCUT2D eigenvalue weighted by molar-refractivity contribution is -0.118. The highest BCUT2D eigenvalue weighted by Crippen LogP contribution is 2.25. The second kappa shape index (κ2) is 10.8. The van der Waals surface area contributed by atoms with Crippen molar-refractivity contribution in [3.8, 4) is 17.7 Å². The molecule has 3 aromatic rings. The van der Waals surface area contributed by atoms with Gasteiger partial charge >= 0.3 is 0 Å². The van der Waals surface area contributed by atoms with Crippen LogP contribution in [0.15, 0.2) is 30.5 Å². The topological polar surface area (TPSA) is 135 Å². The fourth-order valence-electron chi connectivity index (χ4n) is 4.40. The van der Waals surface area contributed by atoms with Gasteiger partial charge in [-0.3, -0.25) is 14.7 Å². The van der Waals surface area contributed by atoms with Crippen LogP contribution in [-0.4, -0.2) is 78.4 Å². The van der Waals surface area contributed by atoms with Gasteiger partial charge in [0, 0.05) is 50.6 Å². The second-order valence-corrected chi connectivity index (χ2v) is 8.64. The van der Waals surface area contributed by atoms with Gasteiger partial charge in [0.1, 0.15) is 6.07 Å². The summed E-state index contributed by atoms with van der Waals surface area (Å²) in [5, 5.41) is 15.8. The summed E-state index contributed by atoms with van der Waals surface area (Å²) >= 11 is 0. The summed E-state index contributed by atoms with van der Waals surface area (Å²) in [6, 6.07) is 9.59. The van der Waals surface area contributed by atoms with E-state index < -0.39 is 0 Å². The standard InChI is InChI=1S/C25H27N7O4/c1-34-23-5-3-20-24(31-23)19(16(10-26)11-28-20)6-7-32-8-9-35-18(14-32)13-27-12-17-2-4-21-25(29-17)30-22(33)15-36-21/h2-5,11,18,27H,6-9,12-15H2,1H3,(H,29,30,33)/t18-/m0/s1. The molecule has 0 unspecified atom stereocenters. The van der Waals surface area contributed by atoms with Crippen LogP contribution in [0, 0.1) is 11.3 Å². The van der Waals surface area contributed by atoms with Crippen LogP contribution in [0.2, 0.25) is 0 Å². The normalized spacial score (nSPS) is 17.7. The van der Waals surface area contributed by atoms with Crippen molar-refractivity contribution in [2.24, 2.45) is 0 Å². The van der Waals surface area contributed by atoms with Crippen molar-refractivity contribution in [3.63, 3.8) is 0 Å². The summed E-state index contributed by atoms with van der Waals surface area (Å²) in [5.74, 6) is 1.34. The first-order valence-electron chi connectivity index (χ1n) is 11.8. The number of methoxy groups -OCH3 is 1. The van der Waals surface area contributed by atoms with E-state index in [-0.39, 0.29) is 18.6 Å². The predicted octanol–water partition coefficient (Wildman–Crippen LogP) is 1.27. The number of hydrogen-bond acceptors (Lipinski definition) is 10. The minimum Gasteiger partial charge on any atom is -0.481 e. The minimum atomic E-state index is -0.202. The molecule has 0 saturated carbocycles. The molecule has 11 nitrogen and oxygen atoms in total. The maximum atomic E-state index is 11.5. The molecule has 1 fully saturated rings. The van der Waals surface area contributed by atoms with Gasteiger partial charge in [-0.1, -0.05) is 0 Å². The molecule has 3 aromatic heterocycles. The lowest BCUT2D eigenvalue weighted by Crippen LogP contribution is -2.47. The number of aromatic nitrogens is 3. The number of carbonyl (C=O) groups is 1. The molecule has 36 heavy (non-hydrogen) atoms. The Hall–Kier alpha value is -3.85. The van der Waals surface area contributed by atoms with Gasteiger partial charge in [-0.25, -0.2) is 9.97 Å². The molecule has 2 aliphatic rings. The lowest BCUT2D eigenvalue weighted by Gasteiger charge is -2.33. The highest BCUT2D eigenvalue weighted by atomic mass is 16.5. The van der Waals surface area contributed by atoms with E-state index >= 15 is 0 Å². The lowest BCUT2D eigenvalue weighted by atomic mass is 10.0. The molecule has 0 bridgehead atoms. The van der Waals surface area contributed by atoms with E-state index in [0.29, 0.717) is 54.6 Å². The molecule has 1 amide bonds. The van der Waals surface area contributed by atoms with E-state index in [2.05, 4.69) is 36.6 Å². The van der Waals surface area contributed by atoms with E-state index in [0.717, 1.165) is 36.4 Å². The van der Waals surface area contributed by atoms with Gasteiger partial charge in [-0.15, -0.1) is 0 Å². The Labute approximate surface area is 208 Å². The van der Waals surface area contributed by atoms with E-state index in [1.54, 1.807) is 19.4 Å². The van der Waals surface area contributed by atoms with Crippen molar-refractivity contribution in [2.75, 3.05) is 51.8 Å². The van der Waals surface area contributed by atoms with Crippen LogP contribution in [0.3, 0.4) is 0 Å². The summed E-state index contributed by atoms with van der Waals surface area (Å²) in [6.45, 7) is 4.24. The van der Waals surface area contributed by atoms with Crippen LogP contribution >= 0.6 is 0 Å². The van der Waals surface area contributed by atoms with E-state index in [1.807, 2.05) is 18.2 Å². The number of rotatable bonds is 8. The van der Waals surface area contributed by atoms with Crippen LogP contribution in [0.25, 0.3) is 11.0 Å². The highest BCUT2D eigenvalue weighted by molar-refractivity contribution is 5.94. The summed E-state index contributed by atoms with van der Waals surface area (Å²) in [6.07, 6.45) is 2.32. The van der Waals surface area contributed by atoms with Crippen molar-refractivity contribution >= 4 is 22.8 Å². The Morgan fingerprint density at radius 2 is 2.22 bits per heavy atom. The Morgan fingerprint density at radius 3 is 3.08 bits per heavy atom. The molecular formula is C25H27N7O4. The molecule has 5 heterocycles. The zero-order valence-corrected chi connectivity index (χ0v) is 20.0. The molecule has 0 aromatic carbocycles. The zero-order valence-electron chi connectivity index (χ0n) is 20.0. The van der Waals surface area contributed by atoms with Crippen LogP contribution in [0.5, 0.6) is 11.6 Å². The fourth-order valence-corrected chi connectivity index (χ4v) is 4.40. The molecule has 1 atom stereocenters. The third-order valence-corrected chi connectivity index (χ3v) is 6.23. The number of carbonyl (C=O) groups excluding carboxylic acids is 1. The molecular weight excluding hydrogens is 462 g/mol. The minimum absolute atomic E-state index is 0.0156.